The molecule has 0 bridgehead atoms. The molecule has 2 aromatic rings. The molecule has 162 valence electrons. The van der Waals surface area contributed by atoms with Crippen molar-refractivity contribution in [2.75, 3.05) is 33.6 Å². The van der Waals surface area contributed by atoms with E-state index in [1.165, 1.54) is 26.2 Å². The molecular formula is C23H23NO6S. The Morgan fingerprint density at radius 3 is 2.32 bits per heavy atom. The van der Waals surface area contributed by atoms with Gasteiger partial charge in [-0.25, -0.2) is 4.79 Å². The molecule has 0 saturated heterocycles. The minimum atomic E-state index is -0.868. The van der Waals surface area contributed by atoms with Crippen LogP contribution in [0.4, 0.5) is 0 Å². The Morgan fingerprint density at radius 1 is 0.968 bits per heavy atom. The van der Waals surface area contributed by atoms with E-state index >= 15 is 0 Å². The molecule has 0 atom stereocenters. The average molecular weight is 442 g/mol. The SMILES string of the molecule is COC(=O)C1=C(c2ccc(OC)c(OC)c2)N(CCCSc2ccccc2)C(=O)C1=O. The second-order valence-electron chi connectivity index (χ2n) is 6.59. The summed E-state index contributed by atoms with van der Waals surface area (Å²) >= 11 is 1.66. The molecule has 0 aliphatic carbocycles. The van der Waals surface area contributed by atoms with Crippen molar-refractivity contribution in [3.8, 4) is 11.5 Å². The Hall–Kier alpha value is -3.26. The van der Waals surface area contributed by atoms with E-state index in [1.807, 2.05) is 30.3 Å². The van der Waals surface area contributed by atoms with Crippen LogP contribution in [-0.4, -0.2) is 56.2 Å². The van der Waals surface area contributed by atoms with Crippen LogP contribution in [0, 0.1) is 0 Å². The lowest BCUT2D eigenvalue weighted by atomic mass is 10.1. The van der Waals surface area contributed by atoms with E-state index in [0.717, 1.165) is 10.6 Å². The predicted octanol–water partition coefficient (Wildman–Crippen LogP) is 3.18. The summed E-state index contributed by atoms with van der Waals surface area (Å²) in [6, 6.07) is 14.9. The highest BCUT2D eigenvalue weighted by molar-refractivity contribution is 7.99. The van der Waals surface area contributed by atoms with Gasteiger partial charge in [0.05, 0.1) is 27.0 Å². The predicted molar refractivity (Wildman–Crippen MR) is 117 cm³/mol. The summed E-state index contributed by atoms with van der Waals surface area (Å²) < 4.78 is 15.4. The first kappa shape index (κ1) is 22.4. The molecule has 0 saturated carbocycles. The van der Waals surface area contributed by atoms with Gasteiger partial charge in [-0.15, -0.1) is 11.8 Å². The van der Waals surface area contributed by atoms with E-state index in [2.05, 4.69) is 0 Å². The van der Waals surface area contributed by atoms with Gasteiger partial charge >= 0.3 is 5.97 Å². The van der Waals surface area contributed by atoms with Crippen molar-refractivity contribution in [1.82, 2.24) is 4.90 Å². The number of carbonyl (C=O) groups excluding carboxylic acids is 3. The monoisotopic (exact) mass is 441 g/mol. The van der Waals surface area contributed by atoms with Gasteiger partial charge in [-0.1, -0.05) is 18.2 Å². The van der Waals surface area contributed by atoms with Crippen LogP contribution in [0.2, 0.25) is 0 Å². The largest absolute Gasteiger partial charge is 0.493 e. The Morgan fingerprint density at radius 2 is 1.68 bits per heavy atom. The van der Waals surface area contributed by atoms with Gasteiger partial charge in [0.1, 0.15) is 5.57 Å². The molecule has 8 heteroatoms. The minimum Gasteiger partial charge on any atom is -0.493 e. The van der Waals surface area contributed by atoms with Crippen LogP contribution in [0.5, 0.6) is 11.5 Å². The number of ether oxygens (including phenoxy) is 3. The lowest BCUT2D eigenvalue weighted by molar-refractivity contribution is -0.142. The number of esters is 1. The van der Waals surface area contributed by atoms with Gasteiger partial charge in [-0.05, 0) is 42.5 Å². The molecule has 0 radical (unpaired) electrons. The number of hydrogen-bond acceptors (Lipinski definition) is 7. The Labute approximate surface area is 185 Å². The number of amides is 1. The van der Waals surface area contributed by atoms with Crippen LogP contribution in [0.1, 0.15) is 12.0 Å². The summed E-state index contributed by atoms with van der Waals surface area (Å²) in [7, 11) is 4.18. The zero-order valence-electron chi connectivity index (χ0n) is 17.5. The van der Waals surface area contributed by atoms with Crippen molar-refractivity contribution in [1.29, 1.82) is 0 Å². The number of carbonyl (C=O) groups is 3. The third kappa shape index (κ3) is 4.74. The molecule has 2 aromatic carbocycles. The van der Waals surface area contributed by atoms with Gasteiger partial charge in [0.15, 0.2) is 11.5 Å². The van der Waals surface area contributed by atoms with E-state index < -0.39 is 17.7 Å². The Bertz CT molecular complexity index is 1020. The van der Waals surface area contributed by atoms with E-state index in [9.17, 15) is 14.4 Å². The highest BCUT2D eigenvalue weighted by Gasteiger charge is 2.43. The maximum absolute atomic E-state index is 12.7. The lowest BCUT2D eigenvalue weighted by Crippen LogP contribution is -2.30. The quantitative estimate of drug-likeness (QED) is 0.194. The molecular weight excluding hydrogens is 418 g/mol. The number of Topliss-reactive ketones (excluding diaryl/α,β-unsaturated/α-hetero) is 1. The van der Waals surface area contributed by atoms with Crippen molar-refractivity contribution in [2.45, 2.75) is 11.3 Å². The summed E-state index contributed by atoms with van der Waals surface area (Å²) in [5.74, 6) is -0.794. The lowest BCUT2D eigenvalue weighted by Gasteiger charge is -2.21. The third-order valence-electron chi connectivity index (χ3n) is 4.76. The van der Waals surface area contributed by atoms with E-state index in [-0.39, 0.29) is 17.8 Å². The molecule has 31 heavy (non-hydrogen) atoms. The zero-order chi connectivity index (χ0) is 22.4. The fraction of sp³-hybridized carbons (Fsp3) is 0.261. The molecule has 1 aliphatic heterocycles. The van der Waals surface area contributed by atoms with Crippen LogP contribution in [0.25, 0.3) is 5.70 Å². The van der Waals surface area contributed by atoms with Crippen LogP contribution in [-0.2, 0) is 19.1 Å². The number of methoxy groups -OCH3 is 3. The third-order valence-corrected chi connectivity index (χ3v) is 5.86. The van der Waals surface area contributed by atoms with Crippen LogP contribution in [0.15, 0.2) is 59.0 Å². The highest BCUT2D eigenvalue weighted by Crippen LogP contribution is 2.36. The van der Waals surface area contributed by atoms with Gasteiger partial charge in [-0.2, -0.15) is 0 Å². The van der Waals surface area contributed by atoms with Gasteiger partial charge in [0.2, 0.25) is 0 Å². The van der Waals surface area contributed by atoms with Crippen LogP contribution in [0.3, 0.4) is 0 Å². The van der Waals surface area contributed by atoms with E-state index in [4.69, 9.17) is 14.2 Å². The van der Waals surface area contributed by atoms with Gasteiger partial charge in [-0.3, -0.25) is 9.59 Å². The Kier molecular flexibility index (Phi) is 7.36. The van der Waals surface area contributed by atoms with Gasteiger partial charge in [0.25, 0.3) is 11.7 Å². The highest BCUT2D eigenvalue weighted by atomic mass is 32.2. The maximum atomic E-state index is 12.7. The first-order valence-electron chi connectivity index (χ1n) is 9.60. The fourth-order valence-electron chi connectivity index (χ4n) is 3.29. The molecule has 0 fully saturated rings. The van der Waals surface area contributed by atoms with Crippen molar-refractivity contribution in [3.05, 3.63) is 59.7 Å². The number of benzene rings is 2. The van der Waals surface area contributed by atoms with Crippen LogP contribution >= 0.6 is 11.8 Å². The fourth-order valence-corrected chi connectivity index (χ4v) is 4.15. The van der Waals surface area contributed by atoms with Crippen molar-refractivity contribution >= 4 is 35.1 Å². The maximum Gasteiger partial charge on any atom is 0.344 e. The molecule has 1 amide bonds. The zero-order valence-corrected chi connectivity index (χ0v) is 18.4. The van der Waals surface area contributed by atoms with Crippen molar-refractivity contribution in [3.63, 3.8) is 0 Å². The molecule has 1 heterocycles. The number of hydrogen-bond donors (Lipinski definition) is 0. The second-order valence-corrected chi connectivity index (χ2v) is 7.75. The summed E-state index contributed by atoms with van der Waals surface area (Å²) in [6.45, 7) is 0.286. The Balaban J connectivity index is 1.89. The standard InChI is InChI=1S/C23H23NO6S/c1-28-17-11-10-15(14-18(17)29-2)20-19(23(27)30-3)21(25)22(26)24(20)12-7-13-31-16-8-5-4-6-9-16/h4-6,8-11,14H,7,12-13H2,1-3H3. The first-order valence-corrected chi connectivity index (χ1v) is 10.6. The molecule has 7 nitrogen and oxygen atoms in total. The summed E-state index contributed by atoms with van der Waals surface area (Å²) in [5, 5.41) is 0. The first-order chi connectivity index (χ1) is 15.0. The topological polar surface area (TPSA) is 82.1 Å². The van der Waals surface area contributed by atoms with Gasteiger partial charge < -0.3 is 19.1 Å². The summed E-state index contributed by atoms with van der Waals surface area (Å²) in [4.78, 5) is 40.2. The number of thioether (sulfide) groups is 1. The van der Waals surface area contributed by atoms with E-state index in [0.29, 0.717) is 23.5 Å². The molecule has 0 N–H and O–H groups in total. The summed E-state index contributed by atoms with van der Waals surface area (Å²) in [6.07, 6.45) is 0.629. The number of ketones is 1. The number of rotatable bonds is 9. The van der Waals surface area contributed by atoms with Gasteiger partial charge in [0, 0.05) is 17.0 Å². The number of nitrogens with zero attached hydrogens (tertiary/aromatic N) is 1. The van der Waals surface area contributed by atoms with Crippen LogP contribution < -0.4 is 9.47 Å². The summed E-state index contributed by atoms with van der Waals surface area (Å²) in [5.41, 5.74) is 0.455. The van der Waals surface area contributed by atoms with Crippen molar-refractivity contribution in [2.24, 2.45) is 0 Å². The molecule has 0 aromatic heterocycles. The molecule has 1 aliphatic rings. The molecule has 0 unspecified atom stereocenters. The average Bonchev–Trinajstić information content (AvgIpc) is 3.06. The van der Waals surface area contributed by atoms with E-state index in [1.54, 1.807) is 30.0 Å². The molecule has 0 spiro atoms. The molecule has 3 rings (SSSR count). The minimum absolute atomic E-state index is 0.229. The smallest absolute Gasteiger partial charge is 0.344 e. The normalized spacial score (nSPS) is 13.6. The second kappa shape index (κ2) is 10.2. The van der Waals surface area contributed by atoms with Crippen molar-refractivity contribution < 1.29 is 28.6 Å².